The van der Waals surface area contributed by atoms with Crippen LogP contribution >= 0.6 is 11.3 Å². The Morgan fingerprint density at radius 2 is 2.44 bits per heavy atom. The van der Waals surface area contributed by atoms with Gasteiger partial charge in [0.2, 0.25) is 5.91 Å². The average Bonchev–Trinajstić information content (AvgIpc) is 2.83. The van der Waals surface area contributed by atoms with E-state index in [9.17, 15) is 4.79 Å². The summed E-state index contributed by atoms with van der Waals surface area (Å²) in [6.45, 7) is 0.668. The first-order valence-electron chi connectivity index (χ1n) is 5.36. The summed E-state index contributed by atoms with van der Waals surface area (Å²) < 4.78 is 0. The van der Waals surface area contributed by atoms with Gasteiger partial charge >= 0.3 is 0 Å². The molecule has 1 fully saturated rings. The first-order chi connectivity index (χ1) is 7.79. The van der Waals surface area contributed by atoms with Crippen molar-refractivity contribution in [2.75, 3.05) is 0 Å². The zero-order valence-electron chi connectivity index (χ0n) is 8.72. The number of oxime groups is 1. The van der Waals surface area contributed by atoms with Crippen molar-refractivity contribution < 1.29 is 10.0 Å². The molecule has 16 heavy (non-hydrogen) atoms. The van der Waals surface area contributed by atoms with Crippen molar-refractivity contribution in [2.45, 2.75) is 31.8 Å². The maximum absolute atomic E-state index is 11.7. The molecule has 5 heteroatoms. The van der Waals surface area contributed by atoms with Gasteiger partial charge in [0.05, 0.1) is 10.6 Å². The second kappa shape index (κ2) is 3.59. The molecule has 3 rings (SSSR count). The third kappa shape index (κ3) is 1.35. The number of carbonyl (C=O) groups excluding carboxylic acids is 1. The summed E-state index contributed by atoms with van der Waals surface area (Å²) in [4.78, 5) is 14.7. The van der Waals surface area contributed by atoms with Crippen LogP contribution in [0.5, 0.6) is 0 Å². The van der Waals surface area contributed by atoms with Crippen LogP contribution in [0.25, 0.3) is 0 Å². The third-order valence-electron chi connectivity index (χ3n) is 3.35. The Kier molecular flexibility index (Phi) is 2.21. The Labute approximate surface area is 97.2 Å². The van der Waals surface area contributed by atoms with Gasteiger partial charge in [-0.15, -0.1) is 11.3 Å². The fourth-order valence-electron chi connectivity index (χ4n) is 2.52. The fraction of sp³-hybridized carbons (Fsp3) is 0.455. The van der Waals surface area contributed by atoms with Gasteiger partial charge in [-0.25, -0.2) is 0 Å². The minimum atomic E-state index is 0.220. The summed E-state index contributed by atoms with van der Waals surface area (Å²) in [5, 5.41) is 14.4. The first-order valence-corrected chi connectivity index (χ1v) is 6.24. The quantitative estimate of drug-likeness (QED) is 0.552. The highest BCUT2D eigenvalue weighted by molar-refractivity contribution is 7.12. The number of rotatable bonds is 0. The van der Waals surface area contributed by atoms with E-state index in [-0.39, 0.29) is 11.9 Å². The zero-order valence-corrected chi connectivity index (χ0v) is 9.54. The topological polar surface area (TPSA) is 52.9 Å². The lowest BCUT2D eigenvalue weighted by molar-refractivity contribution is -0.129. The molecular formula is C11H12N2O2S. The molecule has 1 N–H and O–H groups in total. The van der Waals surface area contributed by atoms with Crippen molar-refractivity contribution in [3.05, 3.63) is 21.9 Å². The van der Waals surface area contributed by atoms with Crippen molar-refractivity contribution in [1.29, 1.82) is 0 Å². The maximum atomic E-state index is 11.7. The second-order valence-corrected chi connectivity index (χ2v) is 5.16. The predicted molar refractivity (Wildman–Crippen MR) is 60.8 cm³/mol. The summed E-state index contributed by atoms with van der Waals surface area (Å²) in [5.74, 6) is 0.223. The van der Waals surface area contributed by atoms with Crippen LogP contribution < -0.4 is 0 Å². The van der Waals surface area contributed by atoms with Crippen LogP contribution in [-0.2, 0) is 11.3 Å². The van der Waals surface area contributed by atoms with Crippen LogP contribution in [0.15, 0.2) is 16.6 Å². The number of fused-ring (bicyclic) bond motifs is 2. The Hall–Kier alpha value is -1.36. The summed E-state index contributed by atoms with van der Waals surface area (Å²) in [5.41, 5.74) is 1.84. The average molecular weight is 236 g/mol. The maximum Gasteiger partial charge on any atom is 0.223 e. The van der Waals surface area contributed by atoms with E-state index in [1.54, 1.807) is 11.3 Å². The molecule has 4 nitrogen and oxygen atoms in total. The normalized spacial score (nSPS) is 26.8. The van der Waals surface area contributed by atoms with Gasteiger partial charge in [-0.05, 0) is 23.4 Å². The van der Waals surface area contributed by atoms with E-state index in [2.05, 4.69) is 5.16 Å². The summed E-state index contributed by atoms with van der Waals surface area (Å²) in [6, 6.07) is 2.23. The number of carbonyl (C=O) groups is 1. The predicted octanol–water partition coefficient (Wildman–Crippen LogP) is 1.82. The minimum Gasteiger partial charge on any atom is -0.411 e. The molecule has 2 aliphatic rings. The molecule has 0 saturated carbocycles. The number of nitrogens with zero attached hydrogens (tertiary/aromatic N) is 2. The van der Waals surface area contributed by atoms with E-state index in [0.29, 0.717) is 19.4 Å². The van der Waals surface area contributed by atoms with E-state index in [1.807, 2.05) is 16.3 Å². The van der Waals surface area contributed by atoms with Crippen molar-refractivity contribution in [2.24, 2.45) is 5.16 Å². The minimum absolute atomic E-state index is 0.220. The van der Waals surface area contributed by atoms with E-state index < -0.39 is 0 Å². The molecular weight excluding hydrogens is 224 g/mol. The van der Waals surface area contributed by atoms with Gasteiger partial charge in [0.15, 0.2) is 0 Å². The van der Waals surface area contributed by atoms with Gasteiger partial charge in [0.1, 0.15) is 0 Å². The third-order valence-corrected chi connectivity index (χ3v) is 4.36. The highest BCUT2D eigenvalue weighted by Gasteiger charge is 2.35. The van der Waals surface area contributed by atoms with Gasteiger partial charge in [0, 0.05) is 25.4 Å². The number of hydrogen-bond donors (Lipinski definition) is 1. The highest BCUT2D eigenvalue weighted by atomic mass is 32.1. The second-order valence-electron chi connectivity index (χ2n) is 4.24. The van der Waals surface area contributed by atoms with Gasteiger partial charge in [-0.1, -0.05) is 5.16 Å². The van der Waals surface area contributed by atoms with Crippen LogP contribution in [0.3, 0.4) is 0 Å². The molecule has 1 amide bonds. The van der Waals surface area contributed by atoms with Crippen molar-refractivity contribution in [3.63, 3.8) is 0 Å². The van der Waals surface area contributed by atoms with Crippen LogP contribution in [0.4, 0.5) is 0 Å². The number of thiophene rings is 1. The Morgan fingerprint density at radius 3 is 3.25 bits per heavy atom. The van der Waals surface area contributed by atoms with Crippen LogP contribution in [0.1, 0.15) is 29.7 Å². The lowest BCUT2D eigenvalue weighted by Crippen LogP contribution is -2.31. The molecule has 0 radical (unpaired) electrons. The summed E-state index contributed by atoms with van der Waals surface area (Å²) >= 11 is 1.58. The van der Waals surface area contributed by atoms with Crippen LogP contribution in [-0.4, -0.2) is 27.8 Å². The van der Waals surface area contributed by atoms with Crippen molar-refractivity contribution in [1.82, 2.24) is 4.90 Å². The van der Waals surface area contributed by atoms with Crippen LogP contribution in [0, 0.1) is 0 Å². The summed E-state index contributed by atoms with van der Waals surface area (Å²) in [7, 11) is 0. The lowest BCUT2D eigenvalue weighted by Gasteiger charge is -2.21. The molecule has 1 aromatic rings. The summed E-state index contributed by atoms with van der Waals surface area (Å²) in [6.07, 6.45) is 2.19. The SMILES string of the molecule is O=C1CCC2C/C(=N\O)c3sccc3CN12. The molecule has 0 spiro atoms. The zero-order chi connectivity index (χ0) is 11.1. The molecule has 3 heterocycles. The number of hydrogen-bond acceptors (Lipinski definition) is 4. The molecule has 1 saturated heterocycles. The molecule has 0 aliphatic carbocycles. The Bertz CT molecular complexity index is 466. The first kappa shape index (κ1) is 9.84. The molecule has 0 bridgehead atoms. The van der Waals surface area contributed by atoms with E-state index in [0.717, 1.165) is 22.6 Å². The van der Waals surface area contributed by atoms with E-state index >= 15 is 0 Å². The smallest absolute Gasteiger partial charge is 0.223 e. The largest absolute Gasteiger partial charge is 0.411 e. The molecule has 84 valence electrons. The Balaban J connectivity index is 2.04. The van der Waals surface area contributed by atoms with Crippen molar-refractivity contribution in [3.8, 4) is 0 Å². The monoisotopic (exact) mass is 236 g/mol. The molecule has 0 aromatic carbocycles. The van der Waals surface area contributed by atoms with Gasteiger partial charge in [-0.3, -0.25) is 4.79 Å². The van der Waals surface area contributed by atoms with Gasteiger partial charge < -0.3 is 10.1 Å². The van der Waals surface area contributed by atoms with Crippen LogP contribution in [0.2, 0.25) is 0 Å². The van der Waals surface area contributed by atoms with Gasteiger partial charge in [0.25, 0.3) is 0 Å². The molecule has 1 aromatic heterocycles. The standard InChI is InChI=1S/C11H12N2O2S/c14-10-2-1-8-5-9(12-15)11-7(3-4-16-11)6-13(8)10/h3-4,8,15H,1-2,5-6H2/b12-9+. The lowest BCUT2D eigenvalue weighted by atomic mass is 10.1. The fourth-order valence-corrected chi connectivity index (χ4v) is 3.43. The van der Waals surface area contributed by atoms with Crippen molar-refractivity contribution >= 4 is 23.0 Å². The molecule has 2 aliphatic heterocycles. The molecule has 1 unspecified atom stereocenters. The number of amides is 1. The van der Waals surface area contributed by atoms with E-state index in [4.69, 9.17) is 5.21 Å². The van der Waals surface area contributed by atoms with E-state index in [1.165, 1.54) is 0 Å². The molecule has 1 atom stereocenters. The highest BCUT2D eigenvalue weighted by Crippen LogP contribution is 2.32. The van der Waals surface area contributed by atoms with Gasteiger partial charge in [-0.2, -0.15) is 0 Å². The Morgan fingerprint density at radius 1 is 1.56 bits per heavy atom.